The van der Waals surface area contributed by atoms with Crippen molar-refractivity contribution in [3.05, 3.63) is 36.5 Å². The summed E-state index contributed by atoms with van der Waals surface area (Å²) in [6.07, 6.45) is 8.57. The predicted octanol–water partition coefficient (Wildman–Crippen LogP) is 3.88. The van der Waals surface area contributed by atoms with Gasteiger partial charge in [-0.3, -0.25) is 9.88 Å². The Hall–Kier alpha value is -1.61. The van der Waals surface area contributed by atoms with Gasteiger partial charge in [0.15, 0.2) is 0 Å². The van der Waals surface area contributed by atoms with Crippen LogP contribution in [0.1, 0.15) is 32.1 Å². The molecule has 0 radical (unpaired) electrons. The van der Waals surface area contributed by atoms with Gasteiger partial charge in [0.2, 0.25) is 0 Å². The molecule has 1 aromatic heterocycles. The summed E-state index contributed by atoms with van der Waals surface area (Å²) in [5, 5.41) is 1.16. The first-order chi connectivity index (χ1) is 10.9. The zero-order valence-electron chi connectivity index (χ0n) is 13.1. The number of ether oxygens (including phenoxy) is 1. The van der Waals surface area contributed by atoms with Crippen molar-refractivity contribution < 1.29 is 4.74 Å². The normalized spacial score (nSPS) is 25.8. The van der Waals surface area contributed by atoms with Crippen molar-refractivity contribution in [2.24, 2.45) is 5.92 Å². The molecule has 2 aliphatic heterocycles. The number of nitrogens with zero attached hydrogens (tertiary/aromatic N) is 2. The van der Waals surface area contributed by atoms with Crippen molar-refractivity contribution in [2.45, 2.75) is 38.1 Å². The quantitative estimate of drug-likeness (QED) is 0.859. The first-order valence-electron chi connectivity index (χ1n) is 8.62. The Balaban J connectivity index is 1.49. The first-order valence-corrected chi connectivity index (χ1v) is 8.62. The van der Waals surface area contributed by atoms with E-state index in [0.717, 1.165) is 29.3 Å². The number of para-hydroxylation sites is 1. The molecule has 0 aliphatic carbocycles. The zero-order valence-corrected chi connectivity index (χ0v) is 13.1. The fourth-order valence-corrected chi connectivity index (χ4v) is 4.16. The van der Waals surface area contributed by atoms with E-state index in [4.69, 9.17) is 4.74 Å². The van der Waals surface area contributed by atoms with E-state index in [0.29, 0.717) is 5.92 Å². The number of hydrogen-bond donors (Lipinski definition) is 0. The summed E-state index contributed by atoms with van der Waals surface area (Å²) in [5.41, 5.74) is 0.987. The second-order valence-corrected chi connectivity index (χ2v) is 6.64. The highest BCUT2D eigenvalue weighted by Gasteiger charge is 2.33. The molecule has 0 unspecified atom stereocenters. The summed E-state index contributed by atoms with van der Waals surface area (Å²) >= 11 is 0. The molecular weight excluding hydrogens is 272 g/mol. The molecule has 0 amide bonds. The van der Waals surface area contributed by atoms with Gasteiger partial charge in [-0.15, -0.1) is 0 Å². The van der Waals surface area contributed by atoms with Crippen LogP contribution < -0.4 is 4.74 Å². The minimum Gasteiger partial charge on any atom is -0.491 e. The van der Waals surface area contributed by atoms with Crippen molar-refractivity contribution in [3.8, 4) is 5.75 Å². The van der Waals surface area contributed by atoms with Crippen LogP contribution in [0.5, 0.6) is 5.75 Å². The van der Waals surface area contributed by atoms with E-state index in [-0.39, 0.29) is 0 Å². The number of rotatable bonds is 3. The molecular formula is C19H24N2O. The summed E-state index contributed by atoms with van der Waals surface area (Å²) in [6, 6.07) is 11.0. The zero-order chi connectivity index (χ0) is 14.8. The second-order valence-electron chi connectivity index (χ2n) is 6.64. The van der Waals surface area contributed by atoms with Crippen molar-refractivity contribution in [2.75, 3.05) is 19.7 Å². The molecule has 0 N–H and O–H groups in total. The number of pyridine rings is 1. The van der Waals surface area contributed by atoms with Gasteiger partial charge in [-0.2, -0.15) is 0 Å². The lowest BCUT2D eigenvalue weighted by Crippen LogP contribution is -2.49. The third-order valence-electron chi connectivity index (χ3n) is 5.28. The minimum atomic E-state index is 0.674. The fourth-order valence-electron chi connectivity index (χ4n) is 4.16. The molecule has 116 valence electrons. The maximum Gasteiger partial charge on any atom is 0.145 e. The topological polar surface area (TPSA) is 25.4 Å². The maximum atomic E-state index is 6.22. The van der Waals surface area contributed by atoms with Crippen LogP contribution in [0.4, 0.5) is 0 Å². The molecule has 0 saturated carbocycles. The Morgan fingerprint density at radius 2 is 1.95 bits per heavy atom. The largest absolute Gasteiger partial charge is 0.491 e. The lowest BCUT2D eigenvalue weighted by atomic mass is 9.84. The SMILES string of the molecule is c1cnc2c(OC[C@H]3CCCN4CCCC[C@H]34)cccc2c1. The lowest BCUT2D eigenvalue weighted by Gasteiger charge is -2.44. The molecule has 2 saturated heterocycles. The Labute approximate surface area is 132 Å². The van der Waals surface area contributed by atoms with Gasteiger partial charge in [0.25, 0.3) is 0 Å². The van der Waals surface area contributed by atoms with Crippen LogP contribution in [0, 0.1) is 5.92 Å². The van der Waals surface area contributed by atoms with Gasteiger partial charge in [0.1, 0.15) is 11.3 Å². The third kappa shape index (κ3) is 2.70. The molecule has 0 bridgehead atoms. The molecule has 2 aliphatic rings. The van der Waals surface area contributed by atoms with E-state index < -0.39 is 0 Å². The number of benzene rings is 1. The summed E-state index contributed by atoms with van der Waals surface area (Å²) < 4.78 is 6.22. The van der Waals surface area contributed by atoms with Crippen LogP contribution in [0.15, 0.2) is 36.5 Å². The average molecular weight is 296 g/mol. The average Bonchev–Trinajstić information content (AvgIpc) is 2.60. The number of fused-ring (bicyclic) bond motifs is 2. The Kier molecular flexibility index (Phi) is 3.98. The van der Waals surface area contributed by atoms with E-state index in [1.54, 1.807) is 0 Å². The number of aromatic nitrogens is 1. The van der Waals surface area contributed by atoms with Gasteiger partial charge >= 0.3 is 0 Å². The molecule has 3 heterocycles. The van der Waals surface area contributed by atoms with E-state index in [2.05, 4.69) is 34.1 Å². The van der Waals surface area contributed by atoms with Crippen LogP contribution in [-0.2, 0) is 0 Å². The van der Waals surface area contributed by atoms with Crippen molar-refractivity contribution >= 4 is 10.9 Å². The van der Waals surface area contributed by atoms with Gasteiger partial charge in [0, 0.05) is 23.5 Å². The molecule has 3 heteroatoms. The summed E-state index contributed by atoms with van der Waals surface area (Å²) in [5.74, 6) is 1.61. The van der Waals surface area contributed by atoms with Gasteiger partial charge in [-0.1, -0.05) is 24.6 Å². The van der Waals surface area contributed by atoms with E-state index in [9.17, 15) is 0 Å². The smallest absolute Gasteiger partial charge is 0.145 e. The first kappa shape index (κ1) is 14.0. The van der Waals surface area contributed by atoms with Crippen molar-refractivity contribution in [1.82, 2.24) is 9.88 Å². The molecule has 22 heavy (non-hydrogen) atoms. The van der Waals surface area contributed by atoms with Gasteiger partial charge in [-0.05, 0) is 50.9 Å². The molecule has 0 spiro atoms. The summed E-state index contributed by atoms with van der Waals surface area (Å²) in [4.78, 5) is 7.19. The second kappa shape index (κ2) is 6.25. The summed E-state index contributed by atoms with van der Waals surface area (Å²) in [6.45, 7) is 3.41. The third-order valence-corrected chi connectivity index (χ3v) is 5.28. The molecule has 2 atom stereocenters. The Morgan fingerprint density at radius 3 is 2.95 bits per heavy atom. The highest BCUT2D eigenvalue weighted by Crippen LogP contribution is 2.32. The molecule has 4 rings (SSSR count). The van der Waals surface area contributed by atoms with E-state index in [1.165, 1.54) is 45.2 Å². The predicted molar refractivity (Wildman–Crippen MR) is 89.2 cm³/mol. The van der Waals surface area contributed by atoms with Crippen LogP contribution in [0.3, 0.4) is 0 Å². The van der Waals surface area contributed by atoms with Gasteiger partial charge < -0.3 is 4.74 Å². The van der Waals surface area contributed by atoms with Gasteiger partial charge in [0.05, 0.1) is 6.61 Å². The van der Waals surface area contributed by atoms with E-state index >= 15 is 0 Å². The van der Waals surface area contributed by atoms with Crippen LogP contribution in [0.2, 0.25) is 0 Å². The Morgan fingerprint density at radius 1 is 1.05 bits per heavy atom. The monoisotopic (exact) mass is 296 g/mol. The van der Waals surface area contributed by atoms with E-state index in [1.807, 2.05) is 12.3 Å². The molecule has 2 fully saturated rings. The lowest BCUT2D eigenvalue weighted by molar-refractivity contribution is 0.0368. The molecule has 3 nitrogen and oxygen atoms in total. The van der Waals surface area contributed by atoms with Crippen LogP contribution in [0.25, 0.3) is 10.9 Å². The molecule has 2 aromatic rings. The van der Waals surface area contributed by atoms with Crippen molar-refractivity contribution in [3.63, 3.8) is 0 Å². The van der Waals surface area contributed by atoms with Crippen molar-refractivity contribution in [1.29, 1.82) is 0 Å². The van der Waals surface area contributed by atoms with Crippen LogP contribution in [-0.4, -0.2) is 35.6 Å². The fraction of sp³-hybridized carbons (Fsp3) is 0.526. The molecule has 1 aromatic carbocycles. The summed E-state index contributed by atoms with van der Waals surface area (Å²) in [7, 11) is 0. The standard InChI is InChI=1S/C19H24N2O/c1-2-12-21-13-5-8-16(17(21)9-1)14-22-18-10-3-6-15-7-4-11-20-19(15)18/h3-4,6-7,10-11,16-17H,1-2,5,8-9,12-14H2/t16-,17-/m1/s1. The maximum absolute atomic E-state index is 6.22. The number of piperidine rings is 2. The number of hydrogen-bond acceptors (Lipinski definition) is 3. The highest BCUT2D eigenvalue weighted by molar-refractivity contribution is 5.84. The van der Waals surface area contributed by atoms with Gasteiger partial charge in [-0.25, -0.2) is 0 Å². The Bertz CT molecular complexity index is 635. The minimum absolute atomic E-state index is 0.674. The highest BCUT2D eigenvalue weighted by atomic mass is 16.5. The van der Waals surface area contributed by atoms with Crippen LogP contribution >= 0.6 is 0 Å².